The van der Waals surface area contributed by atoms with Crippen LogP contribution in [0.15, 0.2) is 64.6 Å². The number of nitriles is 2. The van der Waals surface area contributed by atoms with Gasteiger partial charge in [0.15, 0.2) is 5.41 Å². The zero-order valence-corrected chi connectivity index (χ0v) is 19.3. The van der Waals surface area contributed by atoms with Crippen LogP contribution in [0.5, 0.6) is 0 Å². The van der Waals surface area contributed by atoms with Crippen molar-refractivity contribution in [2.45, 2.75) is 19.8 Å². The maximum atomic E-state index is 13.9. The minimum absolute atomic E-state index is 0.0726. The van der Waals surface area contributed by atoms with Gasteiger partial charge in [0.25, 0.3) is 0 Å². The van der Waals surface area contributed by atoms with Gasteiger partial charge in [-0.05, 0) is 37.1 Å². The fourth-order valence-corrected chi connectivity index (χ4v) is 5.16. The summed E-state index contributed by atoms with van der Waals surface area (Å²) in [5.41, 5.74) is -2.81. The quantitative estimate of drug-likeness (QED) is 0.457. The number of allylic oxidation sites excluding steroid dienone is 1. The van der Waals surface area contributed by atoms with Crippen molar-refractivity contribution in [2.24, 2.45) is 10.8 Å². The molecule has 1 heterocycles. The molecule has 0 N–H and O–H groups in total. The van der Waals surface area contributed by atoms with Crippen molar-refractivity contribution in [1.82, 2.24) is 0 Å². The van der Waals surface area contributed by atoms with Crippen LogP contribution >= 0.6 is 15.9 Å². The average molecular weight is 504 g/mol. The maximum absolute atomic E-state index is 13.9. The minimum Gasteiger partial charge on any atom is -0.463 e. The Bertz CT molecular complexity index is 1270. The van der Waals surface area contributed by atoms with Gasteiger partial charge in [-0.3, -0.25) is 9.59 Å². The number of hydrogen-bond acceptors (Lipinski definition) is 6. The van der Waals surface area contributed by atoms with Gasteiger partial charge in [0.1, 0.15) is 0 Å². The van der Waals surface area contributed by atoms with E-state index in [-0.39, 0.29) is 30.6 Å². The summed E-state index contributed by atoms with van der Waals surface area (Å²) in [5.74, 6) is -1.92. The molecule has 1 aliphatic heterocycles. The number of ether oxygens (including phenoxy) is 1. The van der Waals surface area contributed by atoms with Crippen LogP contribution in [0.3, 0.4) is 0 Å². The minimum atomic E-state index is -2.05. The molecule has 1 saturated heterocycles. The van der Waals surface area contributed by atoms with E-state index in [1.54, 1.807) is 61.5 Å². The molecule has 164 valence electrons. The number of hydrogen-bond donors (Lipinski definition) is 0. The van der Waals surface area contributed by atoms with Gasteiger partial charge in [-0.2, -0.15) is 10.5 Å². The predicted octanol–water partition coefficient (Wildman–Crippen LogP) is 4.15. The number of anilines is 1. The number of esters is 1. The Morgan fingerprint density at radius 2 is 1.79 bits per heavy atom. The van der Waals surface area contributed by atoms with Gasteiger partial charge in [-0.15, -0.1) is 0 Å². The van der Waals surface area contributed by atoms with Crippen LogP contribution in [0, 0.1) is 33.5 Å². The highest BCUT2D eigenvalue weighted by Gasteiger charge is 2.71. The molecule has 0 aromatic heterocycles. The monoisotopic (exact) mass is 503 g/mol. The molecule has 4 rings (SSSR count). The summed E-state index contributed by atoms with van der Waals surface area (Å²) in [5, 5.41) is 20.7. The number of nitrogens with zero attached hydrogens (tertiary/aromatic N) is 3. The van der Waals surface area contributed by atoms with E-state index in [1.165, 1.54) is 0 Å². The lowest BCUT2D eigenvalue weighted by molar-refractivity contribution is -0.138. The highest BCUT2D eigenvalue weighted by Crippen LogP contribution is 2.64. The molecule has 33 heavy (non-hydrogen) atoms. The highest BCUT2D eigenvalue weighted by molar-refractivity contribution is 9.10. The summed E-state index contributed by atoms with van der Waals surface area (Å²) >= 11 is 3.34. The smallest absolute Gasteiger partial charge is 0.334 e. The Balaban J connectivity index is 1.95. The Morgan fingerprint density at radius 3 is 2.39 bits per heavy atom. The third-order valence-electron chi connectivity index (χ3n) is 6.17. The molecule has 8 heteroatoms. The van der Waals surface area contributed by atoms with Crippen molar-refractivity contribution in [3.05, 3.63) is 70.2 Å². The van der Waals surface area contributed by atoms with Crippen LogP contribution in [-0.2, 0) is 19.1 Å². The molecule has 2 amide bonds. The molecule has 1 aliphatic carbocycles. The first kappa shape index (κ1) is 22.4. The van der Waals surface area contributed by atoms with Gasteiger partial charge in [0, 0.05) is 22.0 Å². The molecule has 1 atom stereocenters. The molecule has 7 nitrogen and oxygen atoms in total. The van der Waals surface area contributed by atoms with E-state index in [1.807, 2.05) is 12.1 Å². The van der Waals surface area contributed by atoms with Crippen LogP contribution in [0.25, 0.3) is 5.57 Å². The summed E-state index contributed by atoms with van der Waals surface area (Å²) < 4.78 is 5.88. The van der Waals surface area contributed by atoms with E-state index in [4.69, 9.17) is 4.74 Å². The number of amides is 2. The molecule has 2 aromatic carbocycles. The molecular weight excluding hydrogens is 486 g/mol. The average Bonchev–Trinajstić information content (AvgIpc) is 3.25. The summed E-state index contributed by atoms with van der Waals surface area (Å²) in [4.78, 5) is 41.0. The van der Waals surface area contributed by atoms with E-state index >= 15 is 0 Å². The van der Waals surface area contributed by atoms with Crippen molar-refractivity contribution in [2.75, 3.05) is 11.5 Å². The molecule has 1 unspecified atom stereocenters. The van der Waals surface area contributed by atoms with Gasteiger partial charge in [0.05, 0.1) is 29.8 Å². The number of imide groups is 1. The van der Waals surface area contributed by atoms with Gasteiger partial charge in [-0.25, -0.2) is 9.69 Å². The molecule has 1 fully saturated rings. The third-order valence-corrected chi connectivity index (χ3v) is 6.67. The van der Waals surface area contributed by atoms with Gasteiger partial charge < -0.3 is 4.74 Å². The van der Waals surface area contributed by atoms with E-state index in [0.29, 0.717) is 15.7 Å². The van der Waals surface area contributed by atoms with Crippen molar-refractivity contribution in [3.8, 4) is 12.1 Å². The molecule has 0 bridgehead atoms. The van der Waals surface area contributed by atoms with Crippen molar-refractivity contribution in [3.63, 3.8) is 0 Å². The summed E-state index contributed by atoms with van der Waals surface area (Å²) in [6, 6.07) is 19.2. The molecule has 1 spiro atoms. The summed E-state index contributed by atoms with van der Waals surface area (Å²) in [6.45, 7) is 1.73. The van der Waals surface area contributed by atoms with Crippen LogP contribution in [0.2, 0.25) is 0 Å². The fourth-order valence-electron chi connectivity index (χ4n) is 4.77. The zero-order valence-electron chi connectivity index (χ0n) is 17.7. The molecule has 0 saturated carbocycles. The zero-order chi connectivity index (χ0) is 23.8. The van der Waals surface area contributed by atoms with Gasteiger partial charge in [-0.1, -0.05) is 52.3 Å². The van der Waals surface area contributed by atoms with Crippen molar-refractivity contribution in [1.29, 1.82) is 10.5 Å². The second kappa shape index (κ2) is 8.31. The first-order valence-electron chi connectivity index (χ1n) is 10.3. The number of benzene rings is 2. The number of rotatable bonds is 4. The Hall–Kier alpha value is -3.75. The first-order chi connectivity index (χ1) is 15.8. The first-order valence-corrected chi connectivity index (χ1v) is 11.1. The van der Waals surface area contributed by atoms with E-state index in [0.717, 1.165) is 4.90 Å². The highest BCUT2D eigenvalue weighted by atomic mass is 79.9. The number of halogens is 1. The van der Waals surface area contributed by atoms with Crippen LogP contribution in [0.4, 0.5) is 5.69 Å². The molecular formula is C25H18BrN3O4. The van der Waals surface area contributed by atoms with Crippen LogP contribution < -0.4 is 4.90 Å². The second-order valence-corrected chi connectivity index (χ2v) is 8.78. The SMILES string of the molecule is CCOC(=O)C1=C(c2ccccc2)C(C#N)(C#N)C2(CC(=O)N(c3cccc(Br)c3)C2=O)C1. The van der Waals surface area contributed by atoms with Gasteiger partial charge in [0.2, 0.25) is 11.8 Å². The van der Waals surface area contributed by atoms with Crippen LogP contribution in [-0.4, -0.2) is 24.4 Å². The van der Waals surface area contributed by atoms with E-state index in [9.17, 15) is 24.9 Å². The molecule has 2 aromatic rings. The van der Waals surface area contributed by atoms with Crippen molar-refractivity contribution >= 4 is 45.0 Å². The normalized spacial score (nSPS) is 21.3. The summed E-state index contributed by atoms with van der Waals surface area (Å²) in [7, 11) is 0. The van der Waals surface area contributed by atoms with Crippen molar-refractivity contribution < 1.29 is 19.1 Å². The Kier molecular flexibility index (Phi) is 5.65. The number of carbonyl (C=O) groups is 3. The molecule has 2 aliphatic rings. The lowest BCUT2D eigenvalue weighted by Crippen LogP contribution is -2.44. The van der Waals surface area contributed by atoms with Crippen LogP contribution in [0.1, 0.15) is 25.3 Å². The Labute approximate surface area is 199 Å². The standard InChI is InChI=1S/C25H18BrN3O4/c1-2-33-22(31)19-12-24(25(14-27,15-28)21(19)16-7-4-3-5-8-16)13-20(30)29(23(24)32)18-10-6-9-17(26)11-18/h3-11H,2,12-13H2,1H3. The summed E-state index contributed by atoms with van der Waals surface area (Å²) in [6.07, 6.45) is -0.620. The Morgan fingerprint density at radius 1 is 1.09 bits per heavy atom. The lowest BCUT2D eigenvalue weighted by atomic mass is 9.62. The predicted molar refractivity (Wildman–Crippen MR) is 122 cm³/mol. The molecule has 0 radical (unpaired) electrons. The topological polar surface area (TPSA) is 111 Å². The van der Waals surface area contributed by atoms with E-state index in [2.05, 4.69) is 15.9 Å². The second-order valence-electron chi connectivity index (χ2n) is 7.86. The maximum Gasteiger partial charge on any atom is 0.334 e. The largest absolute Gasteiger partial charge is 0.463 e. The lowest BCUT2D eigenvalue weighted by Gasteiger charge is -2.32. The third kappa shape index (κ3) is 3.18. The number of carbonyl (C=O) groups excluding carboxylic acids is 3. The van der Waals surface area contributed by atoms with Gasteiger partial charge >= 0.3 is 5.97 Å². The van der Waals surface area contributed by atoms with E-state index < -0.39 is 28.6 Å². The fraction of sp³-hybridized carbons (Fsp3) is 0.240.